The van der Waals surface area contributed by atoms with Gasteiger partial charge >= 0.3 is 0 Å². The average molecular weight is 178 g/mol. The van der Waals surface area contributed by atoms with E-state index in [0.29, 0.717) is 6.04 Å². The molecule has 0 bridgehead atoms. The van der Waals surface area contributed by atoms with Gasteiger partial charge < -0.3 is 0 Å². The zero-order valence-electron chi connectivity index (χ0n) is 8.48. The highest BCUT2D eigenvalue weighted by molar-refractivity contribution is 4.85. The Labute approximate surface area is 80.0 Å². The molecule has 3 unspecified atom stereocenters. The number of hydrogen-bond donors (Lipinski definition) is 0. The third-order valence-electron chi connectivity index (χ3n) is 3.47. The highest BCUT2D eigenvalue weighted by Crippen LogP contribution is 2.35. The first-order chi connectivity index (χ1) is 6.27. The van der Waals surface area contributed by atoms with Crippen molar-refractivity contribution in [3.05, 3.63) is 18.5 Å². The van der Waals surface area contributed by atoms with Crippen LogP contribution in [-0.4, -0.2) is 9.78 Å². The van der Waals surface area contributed by atoms with Gasteiger partial charge in [-0.3, -0.25) is 4.68 Å². The van der Waals surface area contributed by atoms with Crippen LogP contribution < -0.4 is 0 Å². The molecule has 1 fully saturated rings. The minimum absolute atomic E-state index is 0.654. The molecule has 13 heavy (non-hydrogen) atoms. The molecule has 1 aliphatic carbocycles. The zero-order valence-corrected chi connectivity index (χ0v) is 8.48. The summed E-state index contributed by atoms with van der Waals surface area (Å²) in [6.45, 7) is 4.73. The summed E-state index contributed by atoms with van der Waals surface area (Å²) in [5.41, 5.74) is 0. The molecule has 0 spiro atoms. The quantitative estimate of drug-likeness (QED) is 0.646. The first-order valence-corrected chi connectivity index (χ1v) is 5.26. The molecule has 0 saturated heterocycles. The van der Waals surface area contributed by atoms with E-state index in [1.54, 1.807) is 0 Å². The highest BCUT2D eigenvalue weighted by Gasteiger charge is 2.25. The first kappa shape index (κ1) is 8.79. The van der Waals surface area contributed by atoms with Crippen LogP contribution in [0.15, 0.2) is 18.5 Å². The molecule has 2 rings (SSSR count). The van der Waals surface area contributed by atoms with E-state index in [1.165, 1.54) is 19.3 Å². The van der Waals surface area contributed by atoms with Crippen LogP contribution in [0.1, 0.15) is 39.2 Å². The van der Waals surface area contributed by atoms with Crippen LogP contribution in [0.3, 0.4) is 0 Å². The van der Waals surface area contributed by atoms with Gasteiger partial charge in [-0.1, -0.05) is 13.8 Å². The lowest BCUT2D eigenvalue weighted by Crippen LogP contribution is -2.23. The maximum atomic E-state index is 4.32. The zero-order chi connectivity index (χ0) is 9.26. The third-order valence-corrected chi connectivity index (χ3v) is 3.47. The second-order valence-corrected chi connectivity index (χ2v) is 4.41. The Kier molecular flexibility index (Phi) is 2.38. The molecule has 0 aromatic carbocycles. The van der Waals surface area contributed by atoms with E-state index in [2.05, 4.69) is 29.8 Å². The Bertz CT molecular complexity index is 253. The predicted octanol–water partition coefficient (Wildman–Crippen LogP) is 2.88. The SMILES string of the molecule is CC1CCC(n2cccn2)CC1C. The van der Waals surface area contributed by atoms with Gasteiger partial charge in [0.25, 0.3) is 0 Å². The summed E-state index contributed by atoms with van der Waals surface area (Å²) in [4.78, 5) is 0. The predicted molar refractivity (Wildman–Crippen MR) is 53.4 cm³/mol. The molecule has 1 heterocycles. The van der Waals surface area contributed by atoms with E-state index in [0.717, 1.165) is 11.8 Å². The van der Waals surface area contributed by atoms with Crippen LogP contribution in [0.2, 0.25) is 0 Å². The number of rotatable bonds is 1. The third kappa shape index (κ3) is 1.77. The molecule has 1 aromatic rings. The molecular weight excluding hydrogens is 160 g/mol. The van der Waals surface area contributed by atoms with E-state index < -0.39 is 0 Å². The van der Waals surface area contributed by atoms with Gasteiger partial charge in [0.15, 0.2) is 0 Å². The van der Waals surface area contributed by atoms with E-state index in [9.17, 15) is 0 Å². The molecule has 1 saturated carbocycles. The molecule has 0 aliphatic heterocycles. The van der Waals surface area contributed by atoms with Crippen LogP contribution in [0, 0.1) is 11.8 Å². The molecule has 0 N–H and O–H groups in total. The van der Waals surface area contributed by atoms with Crippen molar-refractivity contribution in [3.63, 3.8) is 0 Å². The minimum Gasteiger partial charge on any atom is -0.270 e. The molecular formula is C11H18N2. The first-order valence-electron chi connectivity index (χ1n) is 5.26. The van der Waals surface area contributed by atoms with Crippen molar-refractivity contribution in [1.82, 2.24) is 9.78 Å². The molecule has 72 valence electrons. The lowest BCUT2D eigenvalue weighted by Gasteiger charge is -2.32. The van der Waals surface area contributed by atoms with Gasteiger partial charge in [-0.25, -0.2) is 0 Å². The van der Waals surface area contributed by atoms with E-state index in [1.807, 2.05) is 12.3 Å². The molecule has 2 heteroatoms. The van der Waals surface area contributed by atoms with Gasteiger partial charge in [0.2, 0.25) is 0 Å². The van der Waals surface area contributed by atoms with Crippen LogP contribution in [0.5, 0.6) is 0 Å². The monoisotopic (exact) mass is 178 g/mol. The standard InChI is InChI=1S/C11H18N2/c1-9-4-5-11(8-10(9)2)13-7-3-6-12-13/h3,6-7,9-11H,4-5,8H2,1-2H3. The molecule has 1 aliphatic rings. The summed E-state index contributed by atoms with van der Waals surface area (Å²) in [7, 11) is 0. The Hall–Kier alpha value is -0.790. The van der Waals surface area contributed by atoms with Crippen molar-refractivity contribution < 1.29 is 0 Å². The normalized spacial score (nSPS) is 34.8. The number of hydrogen-bond acceptors (Lipinski definition) is 1. The van der Waals surface area contributed by atoms with Gasteiger partial charge in [-0.2, -0.15) is 5.10 Å². The Balaban J connectivity index is 2.03. The van der Waals surface area contributed by atoms with Crippen LogP contribution in [0.4, 0.5) is 0 Å². The van der Waals surface area contributed by atoms with Crippen LogP contribution >= 0.6 is 0 Å². The van der Waals surface area contributed by atoms with Crippen molar-refractivity contribution >= 4 is 0 Å². The van der Waals surface area contributed by atoms with Crippen LogP contribution in [0.25, 0.3) is 0 Å². The van der Waals surface area contributed by atoms with Crippen molar-refractivity contribution in [3.8, 4) is 0 Å². The smallest absolute Gasteiger partial charge is 0.0522 e. The second-order valence-electron chi connectivity index (χ2n) is 4.41. The fourth-order valence-corrected chi connectivity index (χ4v) is 2.26. The van der Waals surface area contributed by atoms with Gasteiger partial charge in [-0.05, 0) is 37.2 Å². The molecule has 3 atom stereocenters. The summed E-state index contributed by atoms with van der Waals surface area (Å²) in [6.07, 6.45) is 7.91. The Morgan fingerprint density at radius 3 is 2.69 bits per heavy atom. The summed E-state index contributed by atoms with van der Waals surface area (Å²) in [5, 5.41) is 4.32. The molecule has 0 radical (unpaired) electrons. The van der Waals surface area contributed by atoms with E-state index >= 15 is 0 Å². The lowest BCUT2D eigenvalue weighted by atomic mass is 9.79. The molecule has 1 aromatic heterocycles. The minimum atomic E-state index is 0.654. The van der Waals surface area contributed by atoms with Crippen molar-refractivity contribution in [1.29, 1.82) is 0 Å². The van der Waals surface area contributed by atoms with Crippen molar-refractivity contribution in [2.75, 3.05) is 0 Å². The largest absolute Gasteiger partial charge is 0.270 e. The Morgan fingerprint density at radius 2 is 2.08 bits per heavy atom. The highest BCUT2D eigenvalue weighted by atomic mass is 15.3. The van der Waals surface area contributed by atoms with Crippen LogP contribution in [-0.2, 0) is 0 Å². The topological polar surface area (TPSA) is 17.8 Å². The summed E-state index contributed by atoms with van der Waals surface area (Å²) in [5.74, 6) is 1.75. The van der Waals surface area contributed by atoms with E-state index in [4.69, 9.17) is 0 Å². The van der Waals surface area contributed by atoms with Gasteiger partial charge in [-0.15, -0.1) is 0 Å². The maximum Gasteiger partial charge on any atom is 0.0522 e. The molecule has 0 amide bonds. The lowest BCUT2D eigenvalue weighted by molar-refractivity contribution is 0.201. The van der Waals surface area contributed by atoms with Gasteiger partial charge in [0.05, 0.1) is 6.04 Å². The Morgan fingerprint density at radius 1 is 1.23 bits per heavy atom. The van der Waals surface area contributed by atoms with Gasteiger partial charge in [0.1, 0.15) is 0 Å². The maximum absolute atomic E-state index is 4.32. The summed E-state index contributed by atoms with van der Waals surface area (Å²) < 4.78 is 2.13. The fourth-order valence-electron chi connectivity index (χ4n) is 2.26. The van der Waals surface area contributed by atoms with Crippen molar-refractivity contribution in [2.45, 2.75) is 39.2 Å². The average Bonchev–Trinajstić information content (AvgIpc) is 2.62. The van der Waals surface area contributed by atoms with Gasteiger partial charge in [0, 0.05) is 12.4 Å². The molecule has 2 nitrogen and oxygen atoms in total. The number of aromatic nitrogens is 2. The second kappa shape index (κ2) is 3.52. The summed E-state index contributed by atoms with van der Waals surface area (Å²) in [6, 6.07) is 2.67. The fraction of sp³-hybridized carbons (Fsp3) is 0.727. The number of nitrogens with zero attached hydrogens (tertiary/aromatic N) is 2. The summed E-state index contributed by atoms with van der Waals surface area (Å²) >= 11 is 0. The van der Waals surface area contributed by atoms with E-state index in [-0.39, 0.29) is 0 Å². The van der Waals surface area contributed by atoms with Crippen molar-refractivity contribution in [2.24, 2.45) is 11.8 Å².